The largest absolute Gasteiger partial charge is 0.481 e. The predicted octanol–water partition coefficient (Wildman–Crippen LogP) is 5.07. The molecule has 1 aliphatic carbocycles. The Kier molecular flexibility index (Phi) is 5.74. The zero-order valence-electron chi connectivity index (χ0n) is 13.3. The van der Waals surface area contributed by atoms with Crippen molar-refractivity contribution < 1.29 is 9.90 Å². The molecular formula is C18H26O2S. The number of carboxylic acids is 1. The number of thioether (sulfide) groups is 1. The molecule has 0 spiro atoms. The van der Waals surface area contributed by atoms with Gasteiger partial charge in [-0.05, 0) is 50.7 Å². The van der Waals surface area contributed by atoms with Gasteiger partial charge in [0.2, 0.25) is 0 Å². The van der Waals surface area contributed by atoms with E-state index in [1.165, 1.54) is 28.9 Å². The van der Waals surface area contributed by atoms with Gasteiger partial charge in [0.05, 0.1) is 5.92 Å². The van der Waals surface area contributed by atoms with Crippen molar-refractivity contribution in [2.24, 2.45) is 11.8 Å². The first-order valence-electron chi connectivity index (χ1n) is 7.98. The first-order chi connectivity index (χ1) is 10.0. The second-order valence-electron chi connectivity index (χ2n) is 6.34. The fourth-order valence-corrected chi connectivity index (χ4v) is 4.89. The zero-order valence-corrected chi connectivity index (χ0v) is 14.1. The van der Waals surface area contributed by atoms with Crippen LogP contribution in [0.25, 0.3) is 0 Å². The molecule has 3 unspecified atom stereocenters. The fourth-order valence-electron chi connectivity index (χ4n) is 3.39. The Morgan fingerprint density at radius 3 is 2.71 bits per heavy atom. The summed E-state index contributed by atoms with van der Waals surface area (Å²) < 4.78 is 0. The maximum absolute atomic E-state index is 11.5. The summed E-state index contributed by atoms with van der Waals surface area (Å²) in [5.74, 6) is -0.107. The van der Waals surface area contributed by atoms with Crippen LogP contribution in [0.3, 0.4) is 0 Å². The van der Waals surface area contributed by atoms with Crippen LogP contribution in [0.15, 0.2) is 23.1 Å². The number of aliphatic carboxylic acids is 1. The predicted molar refractivity (Wildman–Crippen MR) is 88.9 cm³/mol. The quantitative estimate of drug-likeness (QED) is 0.825. The van der Waals surface area contributed by atoms with Gasteiger partial charge in [-0.1, -0.05) is 37.5 Å². The van der Waals surface area contributed by atoms with Crippen LogP contribution in [0.1, 0.15) is 50.2 Å². The minimum Gasteiger partial charge on any atom is -0.481 e. The summed E-state index contributed by atoms with van der Waals surface area (Å²) in [4.78, 5) is 12.8. The molecule has 0 heterocycles. The SMILES string of the molecule is CCCC1CCC(C(=O)O)C(Sc2ccc(C)cc2C)C1. The lowest BCUT2D eigenvalue weighted by molar-refractivity contribution is -0.142. The van der Waals surface area contributed by atoms with E-state index in [0.29, 0.717) is 5.92 Å². The minimum absolute atomic E-state index is 0.191. The topological polar surface area (TPSA) is 37.3 Å². The Bertz CT molecular complexity index is 498. The lowest BCUT2D eigenvalue weighted by Crippen LogP contribution is -2.32. The van der Waals surface area contributed by atoms with Crippen LogP contribution in [-0.2, 0) is 4.79 Å². The molecule has 3 heteroatoms. The highest BCUT2D eigenvalue weighted by atomic mass is 32.2. The number of carboxylic acid groups (broad SMARTS) is 1. The van der Waals surface area contributed by atoms with Gasteiger partial charge >= 0.3 is 5.97 Å². The molecule has 116 valence electrons. The van der Waals surface area contributed by atoms with Crippen molar-refractivity contribution in [2.45, 2.75) is 63.0 Å². The van der Waals surface area contributed by atoms with E-state index in [1.54, 1.807) is 11.8 Å². The summed E-state index contributed by atoms with van der Waals surface area (Å²) in [6, 6.07) is 6.46. The standard InChI is InChI=1S/C18H26O2S/c1-4-5-14-7-8-15(18(19)20)17(11-14)21-16-9-6-12(2)10-13(16)3/h6,9-10,14-15,17H,4-5,7-8,11H2,1-3H3,(H,19,20). The van der Waals surface area contributed by atoms with Crippen molar-refractivity contribution >= 4 is 17.7 Å². The maximum atomic E-state index is 11.5. The van der Waals surface area contributed by atoms with Crippen LogP contribution >= 0.6 is 11.8 Å². The summed E-state index contributed by atoms with van der Waals surface area (Å²) >= 11 is 1.79. The third-order valence-electron chi connectivity index (χ3n) is 4.52. The van der Waals surface area contributed by atoms with Gasteiger partial charge in [-0.2, -0.15) is 0 Å². The minimum atomic E-state index is -0.618. The number of aryl methyl sites for hydroxylation is 2. The summed E-state index contributed by atoms with van der Waals surface area (Å²) in [5.41, 5.74) is 2.53. The first-order valence-corrected chi connectivity index (χ1v) is 8.86. The number of rotatable bonds is 5. The summed E-state index contributed by atoms with van der Waals surface area (Å²) in [6.07, 6.45) is 5.39. The normalized spacial score (nSPS) is 25.8. The Labute approximate surface area is 132 Å². The maximum Gasteiger partial charge on any atom is 0.307 e. The number of carbonyl (C=O) groups is 1. The van der Waals surface area contributed by atoms with Crippen molar-refractivity contribution in [3.8, 4) is 0 Å². The molecule has 1 fully saturated rings. The van der Waals surface area contributed by atoms with Gasteiger partial charge < -0.3 is 5.11 Å². The van der Waals surface area contributed by atoms with Crippen LogP contribution in [0.5, 0.6) is 0 Å². The van der Waals surface area contributed by atoms with E-state index in [1.807, 2.05) is 0 Å². The lowest BCUT2D eigenvalue weighted by atomic mass is 9.80. The highest BCUT2D eigenvalue weighted by Gasteiger charge is 2.35. The lowest BCUT2D eigenvalue weighted by Gasteiger charge is -2.33. The monoisotopic (exact) mass is 306 g/mol. The zero-order chi connectivity index (χ0) is 15.4. The van der Waals surface area contributed by atoms with E-state index in [2.05, 4.69) is 39.0 Å². The van der Waals surface area contributed by atoms with Gasteiger partial charge in [-0.3, -0.25) is 4.79 Å². The van der Waals surface area contributed by atoms with Gasteiger partial charge in [0.1, 0.15) is 0 Å². The second kappa shape index (κ2) is 7.35. The summed E-state index contributed by atoms with van der Waals surface area (Å²) in [5, 5.41) is 9.72. The van der Waals surface area contributed by atoms with E-state index in [-0.39, 0.29) is 11.2 Å². The van der Waals surface area contributed by atoms with Crippen LogP contribution in [0.4, 0.5) is 0 Å². The van der Waals surface area contributed by atoms with E-state index in [9.17, 15) is 9.90 Å². The molecule has 1 aromatic carbocycles. The van der Waals surface area contributed by atoms with Crippen LogP contribution in [-0.4, -0.2) is 16.3 Å². The number of benzene rings is 1. The second-order valence-corrected chi connectivity index (χ2v) is 7.62. The molecule has 1 saturated carbocycles. The molecule has 3 atom stereocenters. The van der Waals surface area contributed by atoms with Crippen LogP contribution in [0.2, 0.25) is 0 Å². The molecule has 0 saturated heterocycles. The molecule has 0 radical (unpaired) electrons. The highest BCUT2D eigenvalue weighted by Crippen LogP contribution is 2.42. The van der Waals surface area contributed by atoms with Gasteiger partial charge in [0.25, 0.3) is 0 Å². The molecular weight excluding hydrogens is 280 g/mol. The average Bonchev–Trinajstić information content (AvgIpc) is 2.42. The highest BCUT2D eigenvalue weighted by molar-refractivity contribution is 8.00. The molecule has 2 nitrogen and oxygen atoms in total. The van der Waals surface area contributed by atoms with Crippen molar-refractivity contribution in [2.75, 3.05) is 0 Å². The molecule has 2 rings (SSSR count). The Balaban J connectivity index is 2.13. The van der Waals surface area contributed by atoms with Gasteiger partial charge in [-0.25, -0.2) is 0 Å². The molecule has 0 bridgehead atoms. The Morgan fingerprint density at radius 2 is 2.10 bits per heavy atom. The van der Waals surface area contributed by atoms with Gasteiger partial charge in [0, 0.05) is 10.1 Å². The smallest absolute Gasteiger partial charge is 0.307 e. The van der Waals surface area contributed by atoms with E-state index >= 15 is 0 Å². The third kappa shape index (κ3) is 4.26. The summed E-state index contributed by atoms with van der Waals surface area (Å²) in [6.45, 7) is 6.44. The fraction of sp³-hybridized carbons (Fsp3) is 0.611. The van der Waals surface area contributed by atoms with Crippen molar-refractivity contribution in [3.63, 3.8) is 0 Å². The van der Waals surface area contributed by atoms with Crippen molar-refractivity contribution in [1.29, 1.82) is 0 Å². The molecule has 21 heavy (non-hydrogen) atoms. The molecule has 0 aliphatic heterocycles. The van der Waals surface area contributed by atoms with E-state index < -0.39 is 5.97 Å². The Hall–Kier alpha value is -0.960. The molecule has 0 amide bonds. The van der Waals surface area contributed by atoms with Crippen molar-refractivity contribution in [3.05, 3.63) is 29.3 Å². The molecule has 0 aromatic heterocycles. The molecule has 1 aliphatic rings. The van der Waals surface area contributed by atoms with Crippen molar-refractivity contribution in [1.82, 2.24) is 0 Å². The van der Waals surface area contributed by atoms with Gasteiger partial charge in [0.15, 0.2) is 0 Å². The number of hydrogen-bond donors (Lipinski definition) is 1. The first kappa shape index (κ1) is 16.4. The number of hydrogen-bond acceptors (Lipinski definition) is 2. The van der Waals surface area contributed by atoms with Crippen LogP contribution < -0.4 is 0 Å². The third-order valence-corrected chi connectivity index (χ3v) is 6.06. The molecule has 1 N–H and O–H groups in total. The summed E-state index contributed by atoms with van der Waals surface area (Å²) in [7, 11) is 0. The van der Waals surface area contributed by atoms with Gasteiger partial charge in [-0.15, -0.1) is 11.8 Å². The average molecular weight is 306 g/mol. The molecule has 1 aromatic rings. The van der Waals surface area contributed by atoms with E-state index in [4.69, 9.17) is 0 Å². The van der Waals surface area contributed by atoms with Crippen LogP contribution in [0, 0.1) is 25.7 Å². The Morgan fingerprint density at radius 1 is 1.33 bits per heavy atom. The van der Waals surface area contributed by atoms with E-state index in [0.717, 1.165) is 19.3 Å².